The van der Waals surface area contributed by atoms with Gasteiger partial charge in [-0.3, -0.25) is 9.13 Å². The molecule has 0 unspecified atom stereocenters. The van der Waals surface area contributed by atoms with Gasteiger partial charge in [0, 0.05) is 112 Å². The van der Waals surface area contributed by atoms with Crippen molar-refractivity contribution in [3.8, 4) is 96.0 Å². The smallest absolute Gasteiger partial charge is 0.235 e. The Balaban J connectivity index is 0.000000136. The number of rotatable bonds is 9. The third-order valence-electron chi connectivity index (χ3n) is 24.2. The van der Waals surface area contributed by atoms with Gasteiger partial charge in [-0.05, 0) is 172 Å². The van der Waals surface area contributed by atoms with Crippen molar-refractivity contribution < 1.29 is 0 Å². The number of nitrogens with zero attached hydrogens (tertiary/aromatic N) is 9. The Morgan fingerprint density at radius 3 is 1.03 bits per heavy atom. The highest BCUT2D eigenvalue weighted by atomic mass is 15.2. The summed E-state index contributed by atoms with van der Waals surface area (Å²) in [4.78, 5) is 20.5. The maximum Gasteiger partial charge on any atom is 0.235 e. The third-order valence-corrected chi connectivity index (χ3v) is 24.2. The van der Waals surface area contributed by atoms with Crippen molar-refractivity contribution in [2.24, 2.45) is 0 Å². The van der Waals surface area contributed by atoms with Crippen molar-refractivity contribution in [3.05, 3.63) is 405 Å². The number of hydrogen-bond acceptors (Lipinski definition) is 4. The van der Waals surface area contributed by atoms with Crippen molar-refractivity contribution in [1.82, 2.24) is 42.8 Å². The van der Waals surface area contributed by atoms with Crippen molar-refractivity contribution in [1.29, 1.82) is 0 Å². The van der Waals surface area contributed by atoms with Crippen LogP contribution in [0.2, 0.25) is 0 Å². The summed E-state index contributed by atoms with van der Waals surface area (Å²) in [6, 6.07) is 136. The molecule has 7 heterocycles. The third kappa shape index (κ3) is 10.1. The van der Waals surface area contributed by atoms with Crippen molar-refractivity contribution in [2.75, 3.05) is 0 Å². The predicted molar refractivity (Wildman–Crippen MR) is 474 cm³/mol. The lowest BCUT2D eigenvalue weighted by Crippen LogP contribution is -2.05. The molecule has 16 aromatic carbocycles. The van der Waals surface area contributed by atoms with Crippen LogP contribution >= 0.6 is 0 Å². The minimum atomic E-state index is 0.685. The highest BCUT2D eigenvalue weighted by Gasteiger charge is 2.30. The highest BCUT2D eigenvalue weighted by Crippen LogP contribution is 2.47. The van der Waals surface area contributed by atoms with Gasteiger partial charge in [-0.1, -0.05) is 249 Å². The second-order valence-corrected chi connectivity index (χ2v) is 30.4. The maximum atomic E-state index is 5.41. The van der Waals surface area contributed by atoms with Gasteiger partial charge < -0.3 is 13.7 Å². The molecule has 0 bridgehead atoms. The van der Waals surface area contributed by atoms with Gasteiger partial charge in [-0.2, -0.15) is 0 Å². The largest absolute Gasteiger partial charge is 0.309 e. The molecule has 0 fully saturated rings. The SMILES string of the molecule is c1ccc(-c2ccc3c(c2)c2cc(-c4ccc5c(c4)c4ccccc4n5-c4ncnc5c4Cc4ccccc4-5)ccc2n3-c2ccccc2)cc1.c1ccc(-c2nc(-n3c4ccccc4c4cc(-c5ccc6c(c5)c5ccccc5n6-c5ccc6c(c5)c5ccccc5n6-c5ccccc5)ccc43)nc3c2Cc2ccccc2-3)cc1. The van der Waals surface area contributed by atoms with Crippen LogP contribution in [0, 0.1) is 0 Å². The average molecular weight is 1470 g/mol. The Kier molecular flexibility index (Phi) is 14.4. The lowest BCUT2D eigenvalue weighted by atomic mass is 9.99. The molecule has 0 saturated carbocycles. The van der Waals surface area contributed by atoms with Crippen LogP contribution in [-0.4, -0.2) is 42.8 Å². The van der Waals surface area contributed by atoms with E-state index in [-0.39, 0.29) is 0 Å². The van der Waals surface area contributed by atoms with Gasteiger partial charge in [0.1, 0.15) is 12.1 Å². The van der Waals surface area contributed by atoms with Gasteiger partial charge in [-0.15, -0.1) is 0 Å². The maximum absolute atomic E-state index is 5.41. The highest BCUT2D eigenvalue weighted by molar-refractivity contribution is 6.17. The molecule has 0 N–H and O–H groups in total. The summed E-state index contributed by atoms with van der Waals surface area (Å²) in [5.41, 5.74) is 33.8. The minimum Gasteiger partial charge on any atom is -0.309 e. The topological polar surface area (TPSA) is 76.2 Å². The lowest BCUT2D eigenvalue weighted by Gasteiger charge is -2.13. The lowest BCUT2D eigenvalue weighted by molar-refractivity contribution is 0.985. The molecule has 0 spiro atoms. The molecule has 536 valence electrons. The van der Waals surface area contributed by atoms with Crippen LogP contribution in [0.4, 0.5) is 0 Å². The van der Waals surface area contributed by atoms with Crippen LogP contribution in [0.25, 0.3) is 205 Å². The van der Waals surface area contributed by atoms with Crippen LogP contribution < -0.4 is 0 Å². The van der Waals surface area contributed by atoms with E-state index >= 15 is 0 Å². The fourth-order valence-corrected chi connectivity index (χ4v) is 19.0. The van der Waals surface area contributed by atoms with E-state index in [2.05, 4.69) is 399 Å². The van der Waals surface area contributed by atoms with Gasteiger partial charge in [0.05, 0.1) is 72.2 Å². The van der Waals surface area contributed by atoms with E-state index in [0.717, 1.165) is 86.0 Å². The summed E-state index contributed by atoms with van der Waals surface area (Å²) < 4.78 is 11.8. The van der Waals surface area contributed by atoms with E-state index in [1.807, 2.05) is 0 Å². The van der Waals surface area contributed by atoms with Gasteiger partial charge in [0.2, 0.25) is 5.95 Å². The molecule has 0 saturated heterocycles. The summed E-state index contributed by atoms with van der Waals surface area (Å²) >= 11 is 0. The van der Waals surface area contributed by atoms with E-state index in [1.165, 1.54) is 148 Å². The molecular formula is C106H67N9. The Hall–Kier alpha value is -15.3. The molecule has 9 heteroatoms. The van der Waals surface area contributed by atoms with Crippen LogP contribution in [0.15, 0.2) is 382 Å². The quantitative estimate of drug-likeness (QED) is 0.144. The van der Waals surface area contributed by atoms with Crippen LogP contribution in [0.5, 0.6) is 0 Å². The monoisotopic (exact) mass is 1470 g/mol. The van der Waals surface area contributed by atoms with E-state index in [9.17, 15) is 0 Å². The van der Waals surface area contributed by atoms with E-state index in [1.54, 1.807) is 6.33 Å². The molecular weight excluding hydrogens is 1400 g/mol. The molecule has 25 rings (SSSR count). The molecule has 0 radical (unpaired) electrons. The number of benzene rings is 16. The van der Waals surface area contributed by atoms with Gasteiger partial charge in [-0.25, -0.2) is 19.9 Å². The predicted octanol–water partition coefficient (Wildman–Crippen LogP) is 26.2. The Morgan fingerprint density at radius 1 is 0.200 bits per heavy atom. The summed E-state index contributed by atoms with van der Waals surface area (Å²) in [5.74, 6) is 1.64. The van der Waals surface area contributed by atoms with E-state index in [0.29, 0.717) is 5.95 Å². The first-order chi connectivity index (χ1) is 57.0. The average Bonchev–Trinajstić information content (AvgIpc) is 1.57. The Bertz CT molecular complexity index is 7960. The second kappa shape index (κ2) is 25.6. The van der Waals surface area contributed by atoms with Gasteiger partial charge >= 0.3 is 0 Å². The summed E-state index contributed by atoms with van der Waals surface area (Å²) in [6.45, 7) is 0. The summed E-state index contributed by atoms with van der Waals surface area (Å²) in [5, 5.41) is 12.2. The first-order valence-corrected chi connectivity index (χ1v) is 39.4. The Labute approximate surface area is 661 Å². The molecule has 7 aromatic heterocycles. The van der Waals surface area contributed by atoms with Crippen LogP contribution in [-0.2, 0) is 12.8 Å². The number of aromatic nitrogens is 9. The van der Waals surface area contributed by atoms with Crippen molar-refractivity contribution in [2.45, 2.75) is 12.8 Å². The molecule has 0 atom stereocenters. The van der Waals surface area contributed by atoms with Crippen molar-refractivity contribution in [3.63, 3.8) is 0 Å². The molecule has 0 aliphatic heterocycles. The number of para-hydroxylation sites is 6. The van der Waals surface area contributed by atoms with Gasteiger partial charge in [0.15, 0.2) is 0 Å². The van der Waals surface area contributed by atoms with E-state index in [4.69, 9.17) is 19.9 Å². The summed E-state index contributed by atoms with van der Waals surface area (Å²) in [6.07, 6.45) is 3.37. The summed E-state index contributed by atoms with van der Waals surface area (Å²) in [7, 11) is 0. The number of hydrogen-bond donors (Lipinski definition) is 0. The van der Waals surface area contributed by atoms with E-state index < -0.39 is 0 Å². The zero-order valence-electron chi connectivity index (χ0n) is 62.3. The van der Waals surface area contributed by atoms with Crippen LogP contribution in [0.1, 0.15) is 22.3 Å². The number of fused-ring (bicyclic) bond motifs is 21. The fourth-order valence-electron chi connectivity index (χ4n) is 19.0. The molecule has 9 nitrogen and oxygen atoms in total. The standard InChI is InChI=1S/C59H37N5.C47H30N4/c1-3-15-37(16-4-1)57-50-35-40-17-7-8-20-43(40)58(50)61-59(60-57)64-53-26-14-11-22-45(53)48-34-39(28-31-56(48)64)38-27-30-54-47(33-38)44-21-9-13-25-52(44)63(54)42-29-32-55-49(36-42)46-23-10-12-24-51(46)62(55)41-18-5-2-6-19-41;1-3-11-30(12-4-1)31-19-22-43-39(25-31)40-27-33(20-23-44(40)50(43)35-14-5-2-6-15-35)32-21-24-45-38(26-32)37-17-9-10-18-42(37)51(45)47-41-28-34-13-7-8-16-36(34)46(41)48-29-49-47/h1-34,36H,35H2;1-27,29H,28H2. The first-order valence-electron chi connectivity index (χ1n) is 39.4. The normalized spacial score (nSPS) is 12.3. The second-order valence-electron chi connectivity index (χ2n) is 30.4. The fraction of sp³-hybridized carbons (Fsp3) is 0.0189. The zero-order chi connectivity index (χ0) is 75.3. The Morgan fingerprint density at radius 2 is 0.530 bits per heavy atom. The first kappa shape index (κ1) is 64.5. The molecule has 115 heavy (non-hydrogen) atoms. The van der Waals surface area contributed by atoms with Crippen molar-refractivity contribution >= 4 is 109 Å². The molecule has 2 aliphatic rings. The molecule has 23 aromatic rings. The van der Waals surface area contributed by atoms with Gasteiger partial charge in [0.25, 0.3) is 0 Å². The minimum absolute atomic E-state index is 0.685. The van der Waals surface area contributed by atoms with Crippen LogP contribution in [0.3, 0.4) is 0 Å². The molecule has 2 aliphatic carbocycles. The zero-order valence-corrected chi connectivity index (χ0v) is 62.3. The molecule has 0 amide bonds.